The maximum Gasteiger partial charge on any atom is 0.340 e. The van der Waals surface area contributed by atoms with Crippen molar-refractivity contribution in [3.8, 4) is 0 Å². The molecule has 1 N–H and O–H groups in total. The van der Waals surface area contributed by atoms with Crippen molar-refractivity contribution >= 4 is 23.2 Å². The van der Waals surface area contributed by atoms with E-state index in [2.05, 4.69) is 0 Å². The summed E-state index contributed by atoms with van der Waals surface area (Å²) in [7, 11) is 0. The largest absolute Gasteiger partial charge is 0.463 e. The van der Waals surface area contributed by atoms with Gasteiger partial charge in [0.15, 0.2) is 0 Å². The summed E-state index contributed by atoms with van der Waals surface area (Å²) in [6.07, 6.45) is -0.452. The van der Waals surface area contributed by atoms with Gasteiger partial charge in [0.25, 0.3) is 5.69 Å². The Kier molecular flexibility index (Phi) is 6.76. The fourth-order valence-electron chi connectivity index (χ4n) is 3.13. The number of ether oxygens (including phenoxy) is 2. The Morgan fingerprint density at radius 3 is 2.52 bits per heavy atom. The van der Waals surface area contributed by atoms with Crippen LogP contribution in [0.5, 0.6) is 0 Å². The third-order valence-corrected chi connectivity index (χ3v) is 4.40. The lowest BCUT2D eigenvalue weighted by Crippen LogP contribution is -2.39. The Morgan fingerprint density at radius 1 is 1.31 bits per heavy atom. The molecule has 1 heterocycles. The first kappa shape index (κ1) is 22.1. The lowest BCUT2D eigenvalue weighted by molar-refractivity contribution is -0.384. The molecule has 2 rings (SSSR count). The zero-order valence-electron chi connectivity index (χ0n) is 17.0. The van der Waals surface area contributed by atoms with Gasteiger partial charge in [-0.15, -0.1) is 0 Å². The Hall–Kier alpha value is -3.20. The molecule has 1 aromatic carbocycles. The van der Waals surface area contributed by atoms with Crippen molar-refractivity contribution in [3.05, 3.63) is 56.8 Å². The molecule has 0 saturated heterocycles. The van der Waals surface area contributed by atoms with Crippen molar-refractivity contribution in [1.82, 2.24) is 5.06 Å². The predicted octanol–water partition coefficient (Wildman–Crippen LogP) is 3.23. The number of benzene rings is 1. The van der Waals surface area contributed by atoms with Gasteiger partial charge >= 0.3 is 11.9 Å². The summed E-state index contributed by atoms with van der Waals surface area (Å²) in [5.74, 6) is -1.49. The van der Waals surface area contributed by atoms with Crippen LogP contribution in [0, 0.1) is 10.1 Å². The van der Waals surface area contributed by atoms with Crippen molar-refractivity contribution < 1.29 is 29.2 Å². The van der Waals surface area contributed by atoms with Gasteiger partial charge in [-0.2, -0.15) is 0 Å². The minimum atomic E-state index is -0.848. The normalized spacial score (nSPS) is 16.9. The molecule has 156 valence electrons. The van der Waals surface area contributed by atoms with Crippen LogP contribution in [0.3, 0.4) is 0 Å². The second-order valence-corrected chi connectivity index (χ2v) is 6.75. The van der Waals surface area contributed by atoms with Crippen LogP contribution in [-0.2, 0) is 19.1 Å². The minimum Gasteiger partial charge on any atom is -0.463 e. The van der Waals surface area contributed by atoms with Gasteiger partial charge in [0.1, 0.15) is 0 Å². The molecule has 9 nitrogen and oxygen atoms in total. The number of nitro benzene ring substituents is 1. The lowest BCUT2D eigenvalue weighted by Gasteiger charge is -2.34. The summed E-state index contributed by atoms with van der Waals surface area (Å²) in [6.45, 7) is 8.12. The first-order valence-corrected chi connectivity index (χ1v) is 9.16. The molecule has 9 heteroatoms. The third-order valence-electron chi connectivity index (χ3n) is 4.40. The van der Waals surface area contributed by atoms with Gasteiger partial charge in [0.05, 0.1) is 40.5 Å². The molecular weight excluding hydrogens is 380 g/mol. The molecule has 1 aliphatic heterocycles. The second kappa shape index (κ2) is 8.87. The molecule has 0 bridgehead atoms. The van der Waals surface area contributed by atoms with Crippen LogP contribution in [0.2, 0.25) is 0 Å². The molecule has 0 spiro atoms. The molecule has 0 fully saturated rings. The standard InChI is InChI=1S/C20H24N2O7/c1-6-28-19(23)16-12(4)21(25)13(5)17(20(24)29-11(2)3)18(16)14-8-7-9-15(10-14)22(26)27/h7-12,25H,6H2,1-5H3. The van der Waals surface area contributed by atoms with E-state index in [1.807, 2.05) is 0 Å². The molecule has 0 aliphatic carbocycles. The number of esters is 2. The van der Waals surface area contributed by atoms with E-state index in [1.54, 1.807) is 33.8 Å². The fourth-order valence-corrected chi connectivity index (χ4v) is 3.13. The first-order chi connectivity index (χ1) is 13.6. The first-order valence-electron chi connectivity index (χ1n) is 9.16. The zero-order chi connectivity index (χ0) is 21.9. The topological polar surface area (TPSA) is 119 Å². The summed E-state index contributed by atoms with van der Waals surface area (Å²) < 4.78 is 10.4. The Bertz CT molecular complexity index is 902. The van der Waals surface area contributed by atoms with Crippen molar-refractivity contribution in [2.75, 3.05) is 6.61 Å². The maximum atomic E-state index is 12.9. The van der Waals surface area contributed by atoms with Gasteiger partial charge in [-0.1, -0.05) is 12.1 Å². The third kappa shape index (κ3) is 4.45. The molecule has 29 heavy (non-hydrogen) atoms. The highest BCUT2D eigenvalue weighted by Gasteiger charge is 2.39. The van der Waals surface area contributed by atoms with Crippen molar-refractivity contribution in [2.24, 2.45) is 0 Å². The second-order valence-electron chi connectivity index (χ2n) is 6.75. The highest BCUT2D eigenvalue weighted by molar-refractivity contribution is 6.14. The van der Waals surface area contributed by atoms with Gasteiger partial charge in [-0.25, -0.2) is 9.59 Å². The number of rotatable bonds is 6. The van der Waals surface area contributed by atoms with E-state index in [-0.39, 0.29) is 40.3 Å². The Balaban J connectivity index is 2.84. The number of nitrogens with zero attached hydrogens (tertiary/aromatic N) is 2. The smallest absolute Gasteiger partial charge is 0.340 e. The van der Waals surface area contributed by atoms with Crippen LogP contribution in [0.4, 0.5) is 5.69 Å². The van der Waals surface area contributed by atoms with Gasteiger partial charge < -0.3 is 9.47 Å². The quantitative estimate of drug-likeness (QED) is 0.436. The Morgan fingerprint density at radius 2 is 1.97 bits per heavy atom. The molecule has 1 unspecified atom stereocenters. The molecule has 1 aromatic rings. The average Bonchev–Trinajstić information content (AvgIpc) is 2.65. The van der Waals surface area contributed by atoms with Crippen LogP contribution in [0.1, 0.15) is 40.2 Å². The number of hydroxylamine groups is 2. The van der Waals surface area contributed by atoms with E-state index in [0.29, 0.717) is 0 Å². The monoisotopic (exact) mass is 404 g/mol. The van der Waals surface area contributed by atoms with Gasteiger partial charge in [-0.3, -0.25) is 20.4 Å². The molecule has 1 aliphatic rings. The summed E-state index contributed by atoms with van der Waals surface area (Å²) in [6, 6.07) is 4.74. The number of hydrogen-bond donors (Lipinski definition) is 1. The highest BCUT2D eigenvalue weighted by Crippen LogP contribution is 2.39. The number of carbonyl (C=O) groups is 2. The molecule has 0 radical (unpaired) electrons. The van der Waals surface area contributed by atoms with E-state index in [1.165, 1.54) is 25.1 Å². The van der Waals surface area contributed by atoms with Crippen LogP contribution in [0.25, 0.3) is 5.57 Å². The Labute approximate surface area is 168 Å². The van der Waals surface area contributed by atoms with E-state index >= 15 is 0 Å². The van der Waals surface area contributed by atoms with Crippen LogP contribution >= 0.6 is 0 Å². The predicted molar refractivity (Wildman–Crippen MR) is 104 cm³/mol. The molecular formula is C20H24N2O7. The zero-order valence-corrected chi connectivity index (χ0v) is 17.0. The van der Waals surface area contributed by atoms with Crippen LogP contribution in [0.15, 0.2) is 41.1 Å². The van der Waals surface area contributed by atoms with Crippen LogP contribution < -0.4 is 0 Å². The molecule has 0 amide bonds. The van der Waals surface area contributed by atoms with Crippen molar-refractivity contribution in [3.63, 3.8) is 0 Å². The number of hydrogen-bond acceptors (Lipinski definition) is 8. The minimum absolute atomic E-state index is 0.0103. The number of nitro groups is 1. The van der Waals surface area contributed by atoms with Gasteiger partial charge in [0.2, 0.25) is 0 Å². The summed E-state index contributed by atoms with van der Waals surface area (Å²) in [4.78, 5) is 36.3. The highest BCUT2D eigenvalue weighted by atomic mass is 16.6. The van der Waals surface area contributed by atoms with Crippen molar-refractivity contribution in [2.45, 2.75) is 46.8 Å². The number of carbonyl (C=O) groups excluding carboxylic acids is 2. The maximum absolute atomic E-state index is 12.9. The number of non-ortho nitro benzene ring substituents is 1. The molecule has 0 aromatic heterocycles. The number of allylic oxidation sites excluding steroid dienone is 1. The summed E-state index contributed by atoms with van der Waals surface area (Å²) >= 11 is 0. The van der Waals surface area contributed by atoms with E-state index < -0.39 is 29.0 Å². The van der Waals surface area contributed by atoms with Gasteiger partial charge in [0, 0.05) is 17.7 Å². The van der Waals surface area contributed by atoms with Crippen LogP contribution in [-0.4, -0.2) is 45.9 Å². The van der Waals surface area contributed by atoms with E-state index in [4.69, 9.17) is 9.47 Å². The van der Waals surface area contributed by atoms with E-state index in [0.717, 1.165) is 5.06 Å². The SMILES string of the molecule is CCOC(=O)C1=C(c2cccc([N+](=O)[O-])c2)C(C(=O)OC(C)C)=C(C)N(O)C1C. The van der Waals surface area contributed by atoms with Crippen molar-refractivity contribution in [1.29, 1.82) is 0 Å². The summed E-state index contributed by atoms with van der Waals surface area (Å²) in [5, 5.41) is 22.5. The fraction of sp³-hybridized carbons (Fsp3) is 0.400. The lowest BCUT2D eigenvalue weighted by atomic mass is 9.85. The molecule has 0 saturated carbocycles. The molecule has 1 atom stereocenters. The summed E-state index contributed by atoms with van der Waals surface area (Å²) in [5.41, 5.74) is 0.341. The van der Waals surface area contributed by atoms with Gasteiger partial charge in [-0.05, 0) is 40.2 Å². The average molecular weight is 404 g/mol. The van der Waals surface area contributed by atoms with E-state index in [9.17, 15) is 24.9 Å².